The number of methoxy groups -OCH3 is 1. The van der Waals surface area contributed by atoms with Crippen molar-refractivity contribution in [3.63, 3.8) is 0 Å². The molecule has 0 bridgehead atoms. The van der Waals surface area contributed by atoms with E-state index in [-0.39, 0.29) is 5.41 Å². The second-order valence-electron chi connectivity index (χ2n) is 12.1. The highest BCUT2D eigenvalue weighted by Gasteiger charge is 2.22. The summed E-state index contributed by atoms with van der Waals surface area (Å²) in [7, 11) is 1.63. The molecule has 11 heteroatoms. The summed E-state index contributed by atoms with van der Waals surface area (Å²) in [5.74, 6) is 3.17. The molecule has 3 N–H and O–H groups in total. The van der Waals surface area contributed by atoms with Crippen molar-refractivity contribution in [2.75, 3.05) is 23.1 Å². The summed E-state index contributed by atoms with van der Waals surface area (Å²) < 4.78 is 13.5. The standard InChI is InChI=1S/C36H36N8O3/c1-23-16-25(19-26(17-23)46-5)44-34(20-31(43-44)36(2,3)4)42-35(45)40-29-10-11-30(28-9-7-6-8-27(28)29)47-22-24-12-13-38-32(18-24)41-33-21-37-14-15-39-33/h6-21H,22H2,1-5H3,(H,38,39,41)(H2,40,42,45). The van der Waals surface area contributed by atoms with E-state index >= 15 is 0 Å². The average molecular weight is 629 g/mol. The molecule has 0 saturated heterocycles. The molecule has 0 aliphatic rings. The van der Waals surface area contributed by atoms with Gasteiger partial charge in [0.05, 0.1) is 30.4 Å². The van der Waals surface area contributed by atoms with E-state index in [1.807, 2.05) is 79.7 Å². The fourth-order valence-electron chi connectivity index (χ4n) is 5.07. The fourth-order valence-corrected chi connectivity index (χ4v) is 5.07. The maximum atomic E-state index is 13.5. The second-order valence-corrected chi connectivity index (χ2v) is 12.1. The number of amides is 2. The highest BCUT2D eigenvalue weighted by molar-refractivity contribution is 6.07. The Bertz CT molecular complexity index is 2040. The Morgan fingerprint density at radius 3 is 2.45 bits per heavy atom. The molecule has 0 saturated carbocycles. The number of hydrogen-bond acceptors (Lipinski definition) is 8. The van der Waals surface area contributed by atoms with Crippen LogP contribution in [-0.4, -0.2) is 37.9 Å². The third-order valence-electron chi connectivity index (χ3n) is 7.41. The molecule has 0 unspecified atom stereocenters. The lowest BCUT2D eigenvalue weighted by Crippen LogP contribution is -2.21. The summed E-state index contributed by atoms with van der Waals surface area (Å²) in [6, 6.07) is 22.6. The van der Waals surface area contributed by atoms with Gasteiger partial charge in [-0.15, -0.1) is 0 Å². The molecule has 3 aromatic carbocycles. The number of aryl methyl sites for hydroxylation is 1. The number of rotatable bonds is 9. The molecule has 6 rings (SSSR count). The largest absolute Gasteiger partial charge is 0.497 e. The number of pyridine rings is 1. The molecule has 0 spiro atoms. The van der Waals surface area contributed by atoms with Gasteiger partial charge in [-0.2, -0.15) is 5.10 Å². The normalized spacial score (nSPS) is 11.3. The van der Waals surface area contributed by atoms with Gasteiger partial charge < -0.3 is 20.1 Å². The van der Waals surface area contributed by atoms with Gasteiger partial charge in [-0.3, -0.25) is 10.3 Å². The van der Waals surface area contributed by atoms with Crippen molar-refractivity contribution in [1.82, 2.24) is 24.7 Å². The summed E-state index contributed by atoms with van der Waals surface area (Å²) in [4.78, 5) is 26.1. The number of benzene rings is 3. The first-order chi connectivity index (χ1) is 22.7. The quantitative estimate of drug-likeness (QED) is 0.148. The van der Waals surface area contributed by atoms with Crippen LogP contribution in [0.5, 0.6) is 11.5 Å². The lowest BCUT2D eigenvalue weighted by Gasteiger charge is -2.15. The summed E-state index contributed by atoms with van der Waals surface area (Å²) in [5, 5.41) is 15.7. The Kier molecular flexibility index (Phi) is 8.70. The number of urea groups is 1. The van der Waals surface area contributed by atoms with Gasteiger partial charge in [0.2, 0.25) is 0 Å². The van der Waals surface area contributed by atoms with E-state index in [0.717, 1.165) is 33.3 Å². The Morgan fingerprint density at radius 2 is 1.68 bits per heavy atom. The number of nitrogens with zero attached hydrogens (tertiary/aromatic N) is 5. The lowest BCUT2D eigenvalue weighted by atomic mass is 9.92. The number of nitrogens with one attached hydrogen (secondary N) is 3. The number of ether oxygens (including phenoxy) is 2. The maximum absolute atomic E-state index is 13.5. The topological polar surface area (TPSA) is 128 Å². The molecule has 0 aliphatic heterocycles. The minimum Gasteiger partial charge on any atom is -0.497 e. The number of carbonyl (C=O) groups excluding carboxylic acids is 1. The Labute approximate surface area is 273 Å². The van der Waals surface area contributed by atoms with Crippen LogP contribution in [0.15, 0.2) is 97.6 Å². The zero-order valence-corrected chi connectivity index (χ0v) is 26.9. The number of hydrogen-bond donors (Lipinski definition) is 3. The van der Waals surface area contributed by atoms with Crippen LogP contribution in [0.25, 0.3) is 16.5 Å². The fraction of sp³-hybridized carbons (Fsp3) is 0.194. The molecule has 0 fully saturated rings. The molecule has 3 heterocycles. The molecular formula is C36H36N8O3. The molecule has 11 nitrogen and oxygen atoms in total. The van der Waals surface area contributed by atoms with Crippen molar-refractivity contribution < 1.29 is 14.3 Å². The van der Waals surface area contributed by atoms with Gasteiger partial charge in [0.25, 0.3) is 0 Å². The van der Waals surface area contributed by atoms with E-state index in [1.165, 1.54) is 0 Å². The zero-order valence-electron chi connectivity index (χ0n) is 26.9. The van der Waals surface area contributed by atoms with Gasteiger partial charge in [0.15, 0.2) is 0 Å². The average Bonchev–Trinajstić information content (AvgIpc) is 3.49. The molecule has 3 aromatic heterocycles. The maximum Gasteiger partial charge on any atom is 0.324 e. The van der Waals surface area contributed by atoms with Gasteiger partial charge in [0, 0.05) is 46.9 Å². The molecular weight excluding hydrogens is 592 g/mol. The lowest BCUT2D eigenvalue weighted by molar-refractivity contribution is 0.262. The third kappa shape index (κ3) is 7.30. The first-order valence-corrected chi connectivity index (χ1v) is 15.1. The van der Waals surface area contributed by atoms with E-state index in [1.54, 1.807) is 36.6 Å². The summed E-state index contributed by atoms with van der Waals surface area (Å²) in [6.45, 7) is 8.56. The van der Waals surface area contributed by atoms with Crippen molar-refractivity contribution >= 4 is 39.9 Å². The van der Waals surface area contributed by atoms with Crippen molar-refractivity contribution in [1.29, 1.82) is 0 Å². The van der Waals surface area contributed by atoms with Crippen LogP contribution < -0.4 is 25.4 Å². The van der Waals surface area contributed by atoms with E-state index in [0.29, 0.717) is 41.2 Å². The van der Waals surface area contributed by atoms with Crippen LogP contribution in [0.3, 0.4) is 0 Å². The van der Waals surface area contributed by atoms with Crippen LogP contribution in [0, 0.1) is 6.92 Å². The van der Waals surface area contributed by atoms with Crippen LogP contribution in [0.4, 0.5) is 27.9 Å². The van der Waals surface area contributed by atoms with Crippen LogP contribution in [-0.2, 0) is 12.0 Å². The highest BCUT2D eigenvalue weighted by Crippen LogP contribution is 2.33. The smallest absolute Gasteiger partial charge is 0.324 e. The number of carbonyl (C=O) groups is 1. The predicted molar refractivity (Wildman–Crippen MR) is 184 cm³/mol. The minimum absolute atomic E-state index is 0.233. The third-order valence-corrected chi connectivity index (χ3v) is 7.41. The van der Waals surface area contributed by atoms with Crippen LogP contribution in [0.2, 0.25) is 0 Å². The number of fused-ring (bicyclic) bond motifs is 1. The molecule has 0 radical (unpaired) electrons. The number of aromatic nitrogens is 5. The van der Waals surface area contributed by atoms with E-state index in [2.05, 4.69) is 51.7 Å². The minimum atomic E-state index is -0.398. The Hall–Kier alpha value is -5.97. The number of anilines is 4. The van der Waals surface area contributed by atoms with Crippen molar-refractivity contribution in [3.8, 4) is 17.2 Å². The van der Waals surface area contributed by atoms with Crippen LogP contribution in [0.1, 0.15) is 37.6 Å². The zero-order chi connectivity index (χ0) is 33.0. The van der Waals surface area contributed by atoms with E-state index in [4.69, 9.17) is 14.6 Å². The van der Waals surface area contributed by atoms with Crippen molar-refractivity contribution in [3.05, 3.63) is 114 Å². The monoisotopic (exact) mass is 628 g/mol. The Balaban J connectivity index is 1.21. The van der Waals surface area contributed by atoms with E-state index < -0.39 is 6.03 Å². The molecule has 0 atom stereocenters. The van der Waals surface area contributed by atoms with Crippen molar-refractivity contribution in [2.45, 2.75) is 39.7 Å². The van der Waals surface area contributed by atoms with Gasteiger partial charge in [-0.1, -0.05) is 45.0 Å². The van der Waals surface area contributed by atoms with Gasteiger partial charge in [-0.05, 0) is 54.4 Å². The SMILES string of the molecule is COc1cc(C)cc(-n2nc(C(C)(C)C)cc2NC(=O)Nc2ccc(OCc3ccnc(Nc4cnccn4)c3)c3ccccc23)c1. The Morgan fingerprint density at radius 1 is 0.872 bits per heavy atom. The first-order valence-electron chi connectivity index (χ1n) is 15.1. The summed E-state index contributed by atoms with van der Waals surface area (Å²) in [6.07, 6.45) is 6.58. The first kappa shape index (κ1) is 31.0. The second kappa shape index (κ2) is 13.2. The molecule has 238 valence electrons. The van der Waals surface area contributed by atoms with Crippen LogP contribution >= 0.6 is 0 Å². The van der Waals surface area contributed by atoms with Crippen molar-refractivity contribution in [2.24, 2.45) is 0 Å². The molecule has 2 amide bonds. The van der Waals surface area contributed by atoms with Gasteiger partial charge in [0.1, 0.15) is 35.6 Å². The summed E-state index contributed by atoms with van der Waals surface area (Å²) >= 11 is 0. The van der Waals surface area contributed by atoms with E-state index in [9.17, 15) is 4.79 Å². The molecule has 47 heavy (non-hydrogen) atoms. The highest BCUT2D eigenvalue weighted by atomic mass is 16.5. The summed E-state index contributed by atoms with van der Waals surface area (Å²) in [5.41, 5.74) is 3.97. The molecule has 6 aromatic rings. The van der Waals surface area contributed by atoms with Gasteiger partial charge in [-0.25, -0.2) is 19.4 Å². The van der Waals surface area contributed by atoms with Gasteiger partial charge >= 0.3 is 6.03 Å². The predicted octanol–water partition coefficient (Wildman–Crippen LogP) is 7.79. The molecule has 0 aliphatic carbocycles.